The third kappa shape index (κ3) is 4.03. The largest absolute Gasteiger partial charge is 0.353 e. The van der Waals surface area contributed by atoms with Crippen LogP contribution >= 0.6 is 0 Å². The first-order valence-corrected chi connectivity index (χ1v) is 7.32. The molecular formula is C16H21FN2O2. The smallest absolute Gasteiger partial charge is 0.253 e. The highest BCUT2D eigenvalue weighted by molar-refractivity contribution is 5.94. The topological polar surface area (TPSA) is 49.4 Å². The minimum Gasteiger partial charge on any atom is -0.353 e. The molecule has 1 aliphatic heterocycles. The molecule has 0 unspecified atom stereocenters. The molecular weight excluding hydrogens is 271 g/mol. The molecule has 0 saturated carbocycles. The Morgan fingerprint density at radius 2 is 1.95 bits per heavy atom. The molecule has 1 aliphatic rings. The fourth-order valence-corrected chi connectivity index (χ4v) is 2.40. The van der Waals surface area contributed by atoms with Gasteiger partial charge in [-0.15, -0.1) is 0 Å². The Hall–Kier alpha value is -1.91. The molecule has 0 atom stereocenters. The van der Waals surface area contributed by atoms with E-state index in [9.17, 15) is 14.0 Å². The van der Waals surface area contributed by atoms with E-state index < -0.39 is 5.82 Å². The summed E-state index contributed by atoms with van der Waals surface area (Å²) in [5.41, 5.74) is 0.375. The van der Waals surface area contributed by atoms with Crippen molar-refractivity contribution in [2.75, 3.05) is 13.1 Å². The number of piperidine rings is 1. The molecule has 1 N–H and O–H groups in total. The number of hydrogen-bond donors (Lipinski definition) is 1. The first-order chi connectivity index (χ1) is 9.97. The SMILES string of the molecule is CC(C)C(=O)NC1CCN(C(=O)c2cccc(F)c2)CC1. The van der Waals surface area contributed by atoms with Gasteiger partial charge >= 0.3 is 0 Å². The Kier molecular flexibility index (Phi) is 4.94. The third-order valence-electron chi connectivity index (χ3n) is 3.72. The molecule has 1 saturated heterocycles. The minimum atomic E-state index is -0.403. The molecule has 0 radical (unpaired) electrons. The molecule has 0 aromatic heterocycles. The number of nitrogens with zero attached hydrogens (tertiary/aromatic N) is 1. The van der Waals surface area contributed by atoms with Crippen LogP contribution in [-0.4, -0.2) is 35.8 Å². The van der Waals surface area contributed by atoms with Crippen molar-refractivity contribution in [3.8, 4) is 0 Å². The summed E-state index contributed by atoms with van der Waals surface area (Å²) >= 11 is 0. The first kappa shape index (κ1) is 15.5. The number of nitrogens with one attached hydrogen (secondary N) is 1. The van der Waals surface area contributed by atoms with Crippen molar-refractivity contribution in [3.05, 3.63) is 35.6 Å². The lowest BCUT2D eigenvalue weighted by Crippen LogP contribution is -2.47. The van der Waals surface area contributed by atoms with Crippen LogP contribution in [0.3, 0.4) is 0 Å². The maximum atomic E-state index is 13.2. The van der Waals surface area contributed by atoms with Gasteiger partial charge in [0, 0.05) is 30.6 Å². The monoisotopic (exact) mass is 292 g/mol. The van der Waals surface area contributed by atoms with Crippen molar-refractivity contribution in [2.45, 2.75) is 32.7 Å². The number of carbonyl (C=O) groups excluding carboxylic acids is 2. The van der Waals surface area contributed by atoms with E-state index in [0.717, 1.165) is 12.8 Å². The standard InChI is InChI=1S/C16H21FN2O2/c1-11(2)15(20)18-14-6-8-19(9-7-14)16(21)12-4-3-5-13(17)10-12/h3-5,10-11,14H,6-9H2,1-2H3,(H,18,20). The summed E-state index contributed by atoms with van der Waals surface area (Å²) in [6.45, 7) is 4.88. The van der Waals surface area contributed by atoms with Crippen LogP contribution in [0.1, 0.15) is 37.0 Å². The van der Waals surface area contributed by atoms with Gasteiger partial charge in [-0.2, -0.15) is 0 Å². The molecule has 1 aromatic rings. The first-order valence-electron chi connectivity index (χ1n) is 7.32. The summed E-state index contributed by atoms with van der Waals surface area (Å²) in [6, 6.07) is 5.87. The zero-order chi connectivity index (χ0) is 15.4. The molecule has 2 amide bonds. The molecule has 0 bridgehead atoms. The van der Waals surface area contributed by atoms with E-state index in [1.165, 1.54) is 18.2 Å². The van der Waals surface area contributed by atoms with E-state index >= 15 is 0 Å². The fraction of sp³-hybridized carbons (Fsp3) is 0.500. The van der Waals surface area contributed by atoms with Crippen LogP contribution in [0.25, 0.3) is 0 Å². The molecule has 5 heteroatoms. The molecule has 0 spiro atoms. The van der Waals surface area contributed by atoms with Gasteiger partial charge in [0.25, 0.3) is 5.91 Å². The Morgan fingerprint density at radius 3 is 2.52 bits per heavy atom. The van der Waals surface area contributed by atoms with Crippen molar-refractivity contribution in [2.24, 2.45) is 5.92 Å². The van der Waals surface area contributed by atoms with Crippen molar-refractivity contribution >= 4 is 11.8 Å². The number of halogens is 1. The Morgan fingerprint density at radius 1 is 1.29 bits per heavy atom. The second kappa shape index (κ2) is 6.70. The molecule has 1 fully saturated rings. The van der Waals surface area contributed by atoms with E-state index in [0.29, 0.717) is 18.7 Å². The van der Waals surface area contributed by atoms with Gasteiger partial charge in [0.05, 0.1) is 0 Å². The van der Waals surface area contributed by atoms with Gasteiger partial charge in [-0.05, 0) is 31.0 Å². The van der Waals surface area contributed by atoms with Gasteiger partial charge in [-0.3, -0.25) is 9.59 Å². The van der Waals surface area contributed by atoms with Gasteiger partial charge in [0.2, 0.25) is 5.91 Å². The normalized spacial score (nSPS) is 16.1. The third-order valence-corrected chi connectivity index (χ3v) is 3.72. The summed E-state index contributed by atoms with van der Waals surface area (Å²) in [4.78, 5) is 25.6. The number of rotatable bonds is 3. The van der Waals surface area contributed by atoms with Crippen LogP contribution in [0.5, 0.6) is 0 Å². The lowest BCUT2D eigenvalue weighted by atomic mass is 10.0. The predicted octanol–water partition coefficient (Wildman–Crippen LogP) is 2.20. The zero-order valence-corrected chi connectivity index (χ0v) is 12.4. The van der Waals surface area contributed by atoms with E-state index in [2.05, 4.69) is 5.32 Å². The van der Waals surface area contributed by atoms with Crippen molar-refractivity contribution in [3.63, 3.8) is 0 Å². The number of hydrogen-bond acceptors (Lipinski definition) is 2. The highest BCUT2D eigenvalue weighted by Gasteiger charge is 2.25. The van der Waals surface area contributed by atoms with Gasteiger partial charge < -0.3 is 10.2 Å². The Bertz CT molecular complexity index is 523. The lowest BCUT2D eigenvalue weighted by Gasteiger charge is -2.32. The van der Waals surface area contributed by atoms with Crippen LogP contribution in [0.15, 0.2) is 24.3 Å². The van der Waals surface area contributed by atoms with Gasteiger partial charge in [-0.25, -0.2) is 4.39 Å². The molecule has 4 nitrogen and oxygen atoms in total. The van der Waals surface area contributed by atoms with Crippen LogP contribution < -0.4 is 5.32 Å². The van der Waals surface area contributed by atoms with Crippen LogP contribution in [0.2, 0.25) is 0 Å². The molecule has 114 valence electrons. The zero-order valence-electron chi connectivity index (χ0n) is 12.4. The molecule has 0 aliphatic carbocycles. The summed E-state index contributed by atoms with van der Waals surface area (Å²) in [6.07, 6.45) is 1.47. The highest BCUT2D eigenvalue weighted by atomic mass is 19.1. The average Bonchev–Trinajstić information content (AvgIpc) is 2.47. The Labute approximate surface area is 124 Å². The van der Waals surface area contributed by atoms with E-state index in [4.69, 9.17) is 0 Å². The van der Waals surface area contributed by atoms with Crippen LogP contribution in [-0.2, 0) is 4.79 Å². The van der Waals surface area contributed by atoms with Crippen molar-refractivity contribution < 1.29 is 14.0 Å². The van der Waals surface area contributed by atoms with Crippen molar-refractivity contribution in [1.82, 2.24) is 10.2 Å². The number of likely N-dealkylation sites (tertiary alicyclic amines) is 1. The van der Waals surface area contributed by atoms with E-state index in [-0.39, 0.29) is 23.8 Å². The second-order valence-electron chi connectivity index (χ2n) is 5.74. The maximum absolute atomic E-state index is 13.2. The molecule has 1 aromatic carbocycles. The minimum absolute atomic E-state index is 0.0306. The van der Waals surface area contributed by atoms with E-state index in [1.54, 1.807) is 11.0 Å². The fourth-order valence-electron chi connectivity index (χ4n) is 2.40. The summed E-state index contributed by atoms with van der Waals surface area (Å²) in [5.74, 6) is -0.537. The molecule has 21 heavy (non-hydrogen) atoms. The van der Waals surface area contributed by atoms with Gasteiger partial charge in [0.1, 0.15) is 5.82 Å². The van der Waals surface area contributed by atoms with Gasteiger partial charge in [0.15, 0.2) is 0 Å². The second-order valence-corrected chi connectivity index (χ2v) is 5.74. The molecule has 2 rings (SSSR count). The Balaban J connectivity index is 1.89. The van der Waals surface area contributed by atoms with Crippen LogP contribution in [0, 0.1) is 11.7 Å². The number of amides is 2. The molecule has 1 heterocycles. The summed E-state index contributed by atoms with van der Waals surface area (Å²) in [5, 5.41) is 2.99. The van der Waals surface area contributed by atoms with Gasteiger partial charge in [-0.1, -0.05) is 19.9 Å². The van der Waals surface area contributed by atoms with Crippen LogP contribution in [0.4, 0.5) is 4.39 Å². The predicted molar refractivity (Wildman–Crippen MR) is 78.3 cm³/mol. The summed E-state index contributed by atoms with van der Waals surface area (Å²) < 4.78 is 13.2. The maximum Gasteiger partial charge on any atom is 0.253 e. The average molecular weight is 292 g/mol. The summed E-state index contributed by atoms with van der Waals surface area (Å²) in [7, 11) is 0. The highest BCUT2D eigenvalue weighted by Crippen LogP contribution is 2.15. The lowest BCUT2D eigenvalue weighted by molar-refractivity contribution is -0.124. The number of benzene rings is 1. The van der Waals surface area contributed by atoms with E-state index in [1.807, 2.05) is 13.8 Å². The quantitative estimate of drug-likeness (QED) is 0.928. The number of carbonyl (C=O) groups is 2. The van der Waals surface area contributed by atoms with Crippen molar-refractivity contribution in [1.29, 1.82) is 0 Å².